The first-order valence-electron chi connectivity index (χ1n) is 8.37. The number of hydrogen-bond donors (Lipinski definition) is 3. The Bertz CT molecular complexity index is 853. The van der Waals surface area contributed by atoms with Gasteiger partial charge in [0, 0.05) is 5.56 Å². The van der Waals surface area contributed by atoms with Crippen molar-refractivity contribution in [2.45, 2.75) is 19.2 Å². The van der Waals surface area contributed by atoms with Gasteiger partial charge in [0.15, 0.2) is 6.04 Å². The molecule has 0 bridgehead atoms. The van der Waals surface area contributed by atoms with Crippen LogP contribution in [-0.4, -0.2) is 40.2 Å². The minimum atomic E-state index is -1.20. The second-order valence-electron chi connectivity index (χ2n) is 6.41. The Hall–Kier alpha value is -3.39. The summed E-state index contributed by atoms with van der Waals surface area (Å²) in [5, 5.41) is 11.4. The van der Waals surface area contributed by atoms with Crippen molar-refractivity contribution >= 4 is 18.0 Å². The summed E-state index contributed by atoms with van der Waals surface area (Å²) in [6, 6.07) is 13.9. The van der Waals surface area contributed by atoms with E-state index < -0.39 is 28.6 Å². The van der Waals surface area contributed by atoms with Crippen LogP contribution in [0.5, 0.6) is 5.75 Å². The highest BCUT2D eigenvalue weighted by Crippen LogP contribution is 2.23. The maximum Gasteiger partial charge on any atom is 0.426 e. The fraction of sp³-hybridized carbons (Fsp3) is 0.211. The predicted molar refractivity (Wildman–Crippen MR) is 95.6 cm³/mol. The van der Waals surface area contributed by atoms with Crippen molar-refractivity contribution in [3.63, 3.8) is 0 Å². The summed E-state index contributed by atoms with van der Waals surface area (Å²) < 4.78 is 4.93. The van der Waals surface area contributed by atoms with Crippen molar-refractivity contribution in [1.82, 2.24) is 5.32 Å². The van der Waals surface area contributed by atoms with Gasteiger partial charge >= 0.3 is 18.0 Å². The number of ether oxygens (including phenoxy) is 1. The van der Waals surface area contributed by atoms with Gasteiger partial charge in [-0.05, 0) is 29.8 Å². The molecule has 0 radical (unpaired) electrons. The number of carbonyl (C=O) groups excluding carboxylic acids is 2. The molecule has 2 aromatic rings. The summed E-state index contributed by atoms with van der Waals surface area (Å²) in [6.07, 6.45) is 0. The lowest BCUT2D eigenvalue weighted by Crippen LogP contribution is -2.57. The van der Waals surface area contributed by atoms with E-state index >= 15 is 0 Å². The lowest BCUT2D eigenvalue weighted by Gasteiger charge is -2.24. The minimum absolute atomic E-state index is 0.0239. The van der Waals surface area contributed by atoms with Gasteiger partial charge in [-0.1, -0.05) is 30.3 Å². The normalized spacial score (nSPS) is 21.5. The summed E-state index contributed by atoms with van der Waals surface area (Å²) in [5.74, 6) is -0.559. The fourth-order valence-corrected chi connectivity index (χ4v) is 3.00. The quantitative estimate of drug-likeness (QED) is 0.671. The molecular weight excluding hydrogens is 350 g/mol. The Labute approximate surface area is 155 Å². The summed E-state index contributed by atoms with van der Waals surface area (Å²) in [6.45, 7) is 0.170. The van der Waals surface area contributed by atoms with Crippen molar-refractivity contribution in [2.75, 3.05) is 6.54 Å². The van der Waals surface area contributed by atoms with Gasteiger partial charge in [-0.25, -0.2) is 14.4 Å². The Kier molecular flexibility index (Phi) is 5.09. The van der Waals surface area contributed by atoms with Crippen LogP contribution in [0.4, 0.5) is 9.59 Å². The van der Waals surface area contributed by atoms with Crippen molar-refractivity contribution in [1.29, 1.82) is 0 Å². The molecule has 0 spiro atoms. The molecule has 0 saturated carbocycles. The predicted octanol–water partition coefficient (Wildman–Crippen LogP) is 1.84. The molecule has 27 heavy (non-hydrogen) atoms. The molecule has 2 aromatic carbocycles. The van der Waals surface area contributed by atoms with E-state index in [1.807, 2.05) is 30.3 Å². The van der Waals surface area contributed by atoms with Gasteiger partial charge in [-0.2, -0.15) is 4.48 Å². The average molecular weight is 370 g/mol. The van der Waals surface area contributed by atoms with Crippen LogP contribution in [0.3, 0.4) is 0 Å². The lowest BCUT2D eigenvalue weighted by molar-refractivity contribution is -0.771. The smallest absolute Gasteiger partial charge is 0.426 e. The van der Waals surface area contributed by atoms with Gasteiger partial charge < -0.3 is 15.6 Å². The van der Waals surface area contributed by atoms with Gasteiger partial charge in [-0.15, -0.1) is 0 Å². The number of nitrogens with one attached hydrogen (secondary N) is 1. The van der Waals surface area contributed by atoms with Gasteiger partial charge in [-0.3, -0.25) is 5.32 Å². The highest BCUT2D eigenvalue weighted by molar-refractivity contribution is 5.89. The van der Waals surface area contributed by atoms with Gasteiger partial charge in [0.2, 0.25) is 0 Å². The molecule has 8 heteroatoms. The molecule has 0 aromatic heterocycles. The number of nitrogens with two attached hydrogens (primary N) is 1. The first-order chi connectivity index (χ1) is 12.9. The molecule has 1 heterocycles. The third-order valence-electron chi connectivity index (χ3n) is 4.52. The maximum absolute atomic E-state index is 12.3. The molecule has 8 nitrogen and oxygen atoms in total. The number of quaternary nitrogens is 1. The number of hydrogen-bond acceptors (Lipinski definition) is 4. The number of urea groups is 2. The zero-order valence-corrected chi connectivity index (χ0v) is 14.5. The summed E-state index contributed by atoms with van der Waals surface area (Å²) in [5.41, 5.74) is 7.13. The Balaban J connectivity index is 1.70. The number of primary amides is 1. The van der Waals surface area contributed by atoms with Crippen LogP contribution < -0.4 is 15.8 Å². The van der Waals surface area contributed by atoms with E-state index in [9.17, 15) is 14.4 Å². The number of carboxylic acid groups (broad SMARTS) is 1. The van der Waals surface area contributed by atoms with E-state index in [2.05, 4.69) is 5.32 Å². The van der Waals surface area contributed by atoms with Crippen LogP contribution in [0.2, 0.25) is 0 Å². The SMILES string of the molecule is NC(=O)[N+]1(Cc2ccc(OCc3ccccc3)cc2)C[C@H](C(=O)O)NC1=O. The molecule has 3 rings (SSSR count). The Morgan fingerprint density at radius 2 is 1.78 bits per heavy atom. The van der Waals surface area contributed by atoms with Crippen LogP contribution in [0.25, 0.3) is 0 Å². The Morgan fingerprint density at radius 3 is 2.33 bits per heavy atom. The number of benzene rings is 2. The van der Waals surface area contributed by atoms with Crippen LogP contribution in [0.1, 0.15) is 11.1 Å². The molecule has 140 valence electrons. The molecule has 1 aliphatic rings. The number of aliphatic carboxylic acids is 1. The number of nitrogens with zero attached hydrogens (tertiary/aromatic N) is 1. The van der Waals surface area contributed by atoms with Crippen LogP contribution in [0, 0.1) is 0 Å². The highest BCUT2D eigenvalue weighted by atomic mass is 16.5. The van der Waals surface area contributed by atoms with Crippen molar-refractivity contribution in [3.05, 3.63) is 65.7 Å². The fourth-order valence-electron chi connectivity index (χ4n) is 3.00. The van der Waals surface area contributed by atoms with E-state index in [1.54, 1.807) is 24.3 Å². The van der Waals surface area contributed by atoms with Crippen LogP contribution >= 0.6 is 0 Å². The summed E-state index contributed by atoms with van der Waals surface area (Å²) in [7, 11) is 0. The first kappa shape index (κ1) is 18.4. The monoisotopic (exact) mass is 370 g/mol. The van der Waals surface area contributed by atoms with Crippen LogP contribution in [0.15, 0.2) is 54.6 Å². The number of amides is 4. The average Bonchev–Trinajstić information content (AvgIpc) is 3.00. The first-order valence-corrected chi connectivity index (χ1v) is 8.37. The summed E-state index contributed by atoms with van der Waals surface area (Å²) >= 11 is 0. The molecule has 1 unspecified atom stereocenters. The molecular formula is C19H20N3O5+. The highest BCUT2D eigenvalue weighted by Gasteiger charge is 2.54. The molecule has 0 aliphatic carbocycles. The second kappa shape index (κ2) is 7.46. The molecule has 4 amide bonds. The topological polar surface area (TPSA) is 119 Å². The third kappa shape index (κ3) is 3.90. The largest absolute Gasteiger partial charge is 0.489 e. The van der Waals surface area contributed by atoms with Crippen molar-refractivity contribution in [3.8, 4) is 5.75 Å². The molecule has 1 aliphatic heterocycles. The molecule has 1 saturated heterocycles. The van der Waals surface area contributed by atoms with Gasteiger partial charge in [0.1, 0.15) is 25.4 Å². The molecule has 4 N–H and O–H groups in total. The minimum Gasteiger partial charge on any atom is -0.489 e. The van der Waals surface area contributed by atoms with E-state index in [4.69, 9.17) is 15.6 Å². The standard InChI is InChI=1S/C19H19N3O5/c20-18(25)22(11-16(17(23)24)21-19(22)26)10-13-6-8-15(9-7-13)27-12-14-4-2-1-3-5-14/h1-9,16H,10-12H2,(H3-,20,21,23,24,25,26)/p+1/t16-,22?/m1/s1. The third-order valence-corrected chi connectivity index (χ3v) is 4.52. The van der Waals surface area contributed by atoms with Crippen molar-refractivity contribution < 1.29 is 28.7 Å². The Morgan fingerprint density at radius 1 is 1.11 bits per heavy atom. The van der Waals surface area contributed by atoms with E-state index in [0.717, 1.165) is 5.56 Å². The molecule has 1 fully saturated rings. The lowest BCUT2D eigenvalue weighted by atomic mass is 10.1. The van der Waals surface area contributed by atoms with E-state index in [0.29, 0.717) is 17.9 Å². The van der Waals surface area contributed by atoms with E-state index in [-0.39, 0.29) is 13.1 Å². The number of imide groups is 1. The van der Waals surface area contributed by atoms with Gasteiger partial charge in [0.25, 0.3) is 0 Å². The zero-order chi connectivity index (χ0) is 19.4. The summed E-state index contributed by atoms with van der Waals surface area (Å²) in [4.78, 5) is 35.4. The zero-order valence-electron chi connectivity index (χ0n) is 14.5. The second-order valence-corrected chi connectivity index (χ2v) is 6.41. The number of rotatable bonds is 6. The van der Waals surface area contributed by atoms with E-state index in [1.165, 1.54) is 0 Å². The van der Waals surface area contributed by atoms with Crippen molar-refractivity contribution in [2.24, 2.45) is 5.73 Å². The number of carboxylic acids is 1. The molecule has 2 atom stereocenters. The number of carbonyl (C=O) groups is 3. The maximum atomic E-state index is 12.3. The van der Waals surface area contributed by atoms with Crippen LogP contribution in [-0.2, 0) is 17.9 Å². The van der Waals surface area contributed by atoms with Gasteiger partial charge in [0.05, 0.1) is 0 Å².